The lowest BCUT2D eigenvalue weighted by atomic mass is 10.1. The van der Waals surface area contributed by atoms with Gasteiger partial charge in [0.25, 0.3) is 0 Å². The number of rotatable bonds is 4. The van der Waals surface area contributed by atoms with Gasteiger partial charge in [-0.25, -0.2) is 0 Å². The lowest BCUT2D eigenvalue weighted by molar-refractivity contribution is -0.138. The highest BCUT2D eigenvalue weighted by Gasteiger charge is 2.29. The predicted octanol–water partition coefficient (Wildman–Crippen LogP) is 3.53. The van der Waals surface area contributed by atoms with Crippen molar-refractivity contribution in [2.75, 3.05) is 0 Å². The van der Waals surface area contributed by atoms with E-state index in [2.05, 4.69) is 0 Å². The summed E-state index contributed by atoms with van der Waals surface area (Å²) in [6.07, 6.45) is -3.38. The number of carboxylic acid groups (broad SMARTS) is 1. The zero-order valence-electron chi connectivity index (χ0n) is 8.83. The molecule has 0 fully saturated rings. The van der Waals surface area contributed by atoms with E-state index >= 15 is 0 Å². The fraction of sp³-hybridized carbons (Fsp3) is 0.364. The monoisotopic (exact) mass is 268 g/mol. The van der Waals surface area contributed by atoms with Crippen molar-refractivity contribution in [1.82, 2.24) is 0 Å². The number of benzene rings is 1. The Labute approximate surface area is 103 Å². The Kier molecular flexibility index (Phi) is 6.02. The van der Waals surface area contributed by atoms with E-state index in [0.29, 0.717) is 18.4 Å². The SMILES string of the molecule is Cl.O=C(O)CCCc1ccc(C(F)(F)F)cc1. The van der Waals surface area contributed by atoms with E-state index in [4.69, 9.17) is 5.11 Å². The van der Waals surface area contributed by atoms with Crippen molar-refractivity contribution in [2.45, 2.75) is 25.4 Å². The van der Waals surface area contributed by atoms with Crippen molar-refractivity contribution in [3.63, 3.8) is 0 Å². The summed E-state index contributed by atoms with van der Waals surface area (Å²) in [6.45, 7) is 0. The van der Waals surface area contributed by atoms with Crippen LogP contribution in [-0.2, 0) is 17.4 Å². The molecular weight excluding hydrogens is 257 g/mol. The first-order valence-corrected chi connectivity index (χ1v) is 4.77. The van der Waals surface area contributed by atoms with Crippen molar-refractivity contribution < 1.29 is 23.1 Å². The normalized spacial score (nSPS) is 10.8. The van der Waals surface area contributed by atoms with Crippen LogP contribution in [0.1, 0.15) is 24.0 Å². The molecule has 17 heavy (non-hydrogen) atoms. The van der Waals surface area contributed by atoms with Crippen LogP contribution in [0.15, 0.2) is 24.3 Å². The molecule has 0 aromatic heterocycles. The minimum Gasteiger partial charge on any atom is -0.481 e. The zero-order valence-corrected chi connectivity index (χ0v) is 9.64. The zero-order chi connectivity index (χ0) is 12.2. The van der Waals surface area contributed by atoms with Gasteiger partial charge in [0.1, 0.15) is 0 Å². The molecule has 0 aliphatic heterocycles. The van der Waals surface area contributed by atoms with Gasteiger partial charge in [-0.3, -0.25) is 4.79 Å². The molecule has 96 valence electrons. The van der Waals surface area contributed by atoms with E-state index in [1.807, 2.05) is 0 Å². The molecule has 2 nitrogen and oxygen atoms in total. The van der Waals surface area contributed by atoms with Gasteiger partial charge in [-0.2, -0.15) is 13.2 Å². The van der Waals surface area contributed by atoms with E-state index in [1.165, 1.54) is 12.1 Å². The predicted molar refractivity (Wildman–Crippen MR) is 59.3 cm³/mol. The maximum atomic E-state index is 12.2. The highest BCUT2D eigenvalue weighted by molar-refractivity contribution is 5.85. The number of carboxylic acids is 1. The quantitative estimate of drug-likeness (QED) is 0.907. The van der Waals surface area contributed by atoms with Crippen LogP contribution < -0.4 is 0 Å². The van der Waals surface area contributed by atoms with E-state index in [9.17, 15) is 18.0 Å². The highest BCUT2D eigenvalue weighted by atomic mass is 35.5. The molecular formula is C11H12ClF3O2. The van der Waals surface area contributed by atoms with E-state index in [0.717, 1.165) is 12.1 Å². The van der Waals surface area contributed by atoms with Crippen molar-refractivity contribution in [1.29, 1.82) is 0 Å². The second-order valence-corrected chi connectivity index (χ2v) is 3.44. The fourth-order valence-electron chi connectivity index (χ4n) is 1.30. The van der Waals surface area contributed by atoms with Crippen LogP contribution in [0.3, 0.4) is 0 Å². The van der Waals surface area contributed by atoms with E-state index in [1.54, 1.807) is 0 Å². The number of carbonyl (C=O) groups is 1. The largest absolute Gasteiger partial charge is 0.481 e. The summed E-state index contributed by atoms with van der Waals surface area (Å²) in [5.41, 5.74) is 0.0312. The van der Waals surface area contributed by atoms with Crippen molar-refractivity contribution >= 4 is 18.4 Å². The number of hydrogen-bond donors (Lipinski definition) is 1. The molecule has 0 aliphatic carbocycles. The molecule has 1 rings (SSSR count). The summed E-state index contributed by atoms with van der Waals surface area (Å²) in [5.74, 6) is -0.896. The molecule has 0 bridgehead atoms. The minimum absolute atomic E-state index is 0. The second kappa shape index (κ2) is 6.49. The molecule has 0 saturated carbocycles. The third-order valence-electron chi connectivity index (χ3n) is 2.14. The standard InChI is InChI=1S/C11H11F3O2.ClH/c12-11(13,14)9-6-4-8(5-7-9)2-1-3-10(15)16;/h4-7H,1-3H2,(H,15,16);1H. The Hall–Kier alpha value is -1.23. The second-order valence-electron chi connectivity index (χ2n) is 3.44. The number of aryl methyl sites for hydroxylation is 1. The molecule has 0 radical (unpaired) electrons. The number of hydrogen-bond acceptors (Lipinski definition) is 1. The van der Waals surface area contributed by atoms with Gasteiger partial charge in [0.2, 0.25) is 0 Å². The van der Waals surface area contributed by atoms with Crippen LogP contribution in [0, 0.1) is 0 Å². The minimum atomic E-state index is -4.32. The number of halogens is 4. The third-order valence-corrected chi connectivity index (χ3v) is 2.14. The Morgan fingerprint density at radius 2 is 1.71 bits per heavy atom. The Balaban J connectivity index is 0.00000256. The molecule has 6 heteroatoms. The summed E-state index contributed by atoms with van der Waals surface area (Å²) in [5, 5.41) is 8.39. The van der Waals surface area contributed by atoms with Crippen LogP contribution in [0.25, 0.3) is 0 Å². The van der Waals surface area contributed by atoms with Crippen LogP contribution >= 0.6 is 12.4 Å². The summed E-state index contributed by atoms with van der Waals surface area (Å²) >= 11 is 0. The molecule has 1 aromatic carbocycles. The van der Waals surface area contributed by atoms with Gasteiger partial charge in [-0.15, -0.1) is 12.4 Å². The highest BCUT2D eigenvalue weighted by Crippen LogP contribution is 2.29. The molecule has 0 spiro atoms. The van der Waals surface area contributed by atoms with Gasteiger partial charge in [-0.1, -0.05) is 12.1 Å². The summed E-state index contributed by atoms with van der Waals surface area (Å²) in [4.78, 5) is 10.2. The molecule has 0 aliphatic rings. The number of aliphatic carboxylic acids is 1. The van der Waals surface area contributed by atoms with Gasteiger partial charge < -0.3 is 5.11 Å². The smallest absolute Gasteiger partial charge is 0.416 e. The van der Waals surface area contributed by atoms with Gasteiger partial charge in [0.05, 0.1) is 5.56 Å². The van der Waals surface area contributed by atoms with Gasteiger partial charge in [0.15, 0.2) is 0 Å². The first-order chi connectivity index (χ1) is 7.39. The molecule has 0 heterocycles. The van der Waals surface area contributed by atoms with E-state index in [-0.39, 0.29) is 18.8 Å². The van der Waals surface area contributed by atoms with Crippen LogP contribution in [0.5, 0.6) is 0 Å². The topological polar surface area (TPSA) is 37.3 Å². The van der Waals surface area contributed by atoms with Crippen LogP contribution in [0.2, 0.25) is 0 Å². The maximum absolute atomic E-state index is 12.2. The lowest BCUT2D eigenvalue weighted by Crippen LogP contribution is -2.04. The molecule has 1 aromatic rings. The van der Waals surface area contributed by atoms with Crippen LogP contribution in [-0.4, -0.2) is 11.1 Å². The van der Waals surface area contributed by atoms with E-state index < -0.39 is 17.7 Å². The van der Waals surface area contributed by atoms with Gasteiger partial charge >= 0.3 is 12.1 Å². The Morgan fingerprint density at radius 3 is 2.12 bits per heavy atom. The lowest BCUT2D eigenvalue weighted by Gasteiger charge is -2.07. The first-order valence-electron chi connectivity index (χ1n) is 4.77. The number of alkyl halides is 3. The molecule has 1 N–H and O–H groups in total. The average molecular weight is 269 g/mol. The van der Waals surface area contributed by atoms with Crippen molar-refractivity contribution in [2.24, 2.45) is 0 Å². The molecule has 0 unspecified atom stereocenters. The van der Waals surface area contributed by atoms with Crippen molar-refractivity contribution in [3.05, 3.63) is 35.4 Å². The molecule has 0 atom stereocenters. The third kappa shape index (κ3) is 5.58. The maximum Gasteiger partial charge on any atom is 0.416 e. The van der Waals surface area contributed by atoms with Gasteiger partial charge in [-0.05, 0) is 30.5 Å². The summed E-state index contributed by atoms with van der Waals surface area (Å²) in [7, 11) is 0. The molecule has 0 saturated heterocycles. The Bertz CT molecular complexity index is 360. The molecule has 0 amide bonds. The van der Waals surface area contributed by atoms with Crippen molar-refractivity contribution in [3.8, 4) is 0 Å². The van der Waals surface area contributed by atoms with Gasteiger partial charge in [0, 0.05) is 6.42 Å². The fourth-order valence-corrected chi connectivity index (χ4v) is 1.30. The average Bonchev–Trinajstić information content (AvgIpc) is 2.16. The summed E-state index contributed by atoms with van der Waals surface area (Å²) < 4.78 is 36.6. The first kappa shape index (κ1) is 15.8. The summed E-state index contributed by atoms with van der Waals surface area (Å²) in [6, 6.07) is 4.78. The Morgan fingerprint density at radius 1 is 1.18 bits per heavy atom. The van der Waals surface area contributed by atoms with Crippen LogP contribution in [0.4, 0.5) is 13.2 Å².